The van der Waals surface area contributed by atoms with Crippen LogP contribution in [-0.4, -0.2) is 44.2 Å². The van der Waals surface area contributed by atoms with E-state index in [0.717, 1.165) is 12.1 Å². The summed E-state index contributed by atoms with van der Waals surface area (Å²) in [7, 11) is 2.95. The monoisotopic (exact) mass is 282 g/mol. The zero-order valence-corrected chi connectivity index (χ0v) is 12.5. The maximum Gasteiger partial charge on any atom is 0.339 e. The summed E-state index contributed by atoms with van der Waals surface area (Å²) >= 11 is 0. The van der Waals surface area contributed by atoms with Crippen LogP contribution in [0.2, 0.25) is 0 Å². The van der Waals surface area contributed by atoms with Gasteiger partial charge in [-0.25, -0.2) is 4.79 Å². The molecule has 0 radical (unpaired) electrons. The summed E-state index contributed by atoms with van der Waals surface area (Å²) in [6, 6.07) is 0. The molecule has 0 bridgehead atoms. The van der Waals surface area contributed by atoms with Gasteiger partial charge in [0.1, 0.15) is 5.69 Å². The van der Waals surface area contributed by atoms with E-state index in [4.69, 9.17) is 9.47 Å². The molecule has 20 heavy (non-hydrogen) atoms. The first-order valence-corrected chi connectivity index (χ1v) is 6.63. The van der Waals surface area contributed by atoms with E-state index in [2.05, 4.69) is 10.3 Å². The smallest absolute Gasteiger partial charge is 0.339 e. The predicted molar refractivity (Wildman–Crippen MR) is 75.1 cm³/mol. The van der Waals surface area contributed by atoms with E-state index in [1.807, 2.05) is 6.92 Å². The van der Waals surface area contributed by atoms with Gasteiger partial charge in [-0.3, -0.25) is 4.79 Å². The second-order valence-electron chi connectivity index (χ2n) is 4.43. The van der Waals surface area contributed by atoms with Crippen LogP contribution in [0.4, 0.5) is 0 Å². The average Bonchev–Trinajstić information content (AvgIpc) is 2.79. The summed E-state index contributed by atoms with van der Waals surface area (Å²) < 4.78 is 9.68. The lowest BCUT2D eigenvalue weighted by Crippen LogP contribution is -2.26. The first kappa shape index (κ1) is 16.2. The highest BCUT2D eigenvalue weighted by Crippen LogP contribution is 2.20. The lowest BCUT2D eigenvalue weighted by molar-refractivity contribution is 0.0599. The molecule has 112 valence electrons. The Morgan fingerprint density at radius 1 is 1.30 bits per heavy atom. The summed E-state index contributed by atoms with van der Waals surface area (Å²) in [5, 5.41) is 2.79. The van der Waals surface area contributed by atoms with E-state index in [-0.39, 0.29) is 5.91 Å². The van der Waals surface area contributed by atoms with E-state index < -0.39 is 5.97 Å². The first-order chi connectivity index (χ1) is 9.56. The molecule has 0 saturated heterocycles. The molecule has 0 aliphatic rings. The van der Waals surface area contributed by atoms with Crippen molar-refractivity contribution in [1.29, 1.82) is 0 Å². The van der Waals surface area contributed by atoms with Crippen molar-refractivity contribution in [2.75, 3.05) is 27.4 Å². The number of amides is 1. The maximum absolute atomic E-state index is 12.1. The minimum Gasteiger partial charge on any atom is -0.465 e. The van der Waals surface area contributed by atoms with E-state index in [0.29, 0.717) is 36.4 Å². The molecule has 2 N–H and O–H groups in total. The summed E-state index contributed by atoms with van der Waals surface area (Å²) in [6.45, 7) is 4.78. The van der Waals surface area contributed by atoms with Crippen LogP contribution in [0.15, 0.2) is 0 Å². The molecule has 0 aromatic carbocycles. The number of nitrogens with one attached hydrogen (secondary N) is 2. The first-order valence-electron chi connectivity index (χ1n) is 6.63. The van der Waals surface area contributed by atoms with E-state index in [9.17, 15) is 9.59 Å². The highest BCUT2D eigenvalue weighted by atomic mass is 16.5. The van der Waals surface area contributed by atoms with Gasteiger partial charge < -0.3 is 19.8 Å². The number of hydrogen-bond acceptors (Lipinski definition) is 4. The van der Waals surface area contributed by atoms with Crippen molar-refractivity contribution < 1.29 is 19.1 Å². The van der Waals surface area contributed by atoms with Crippen molar-refractivity contribution in [1.82, 2.24) is 10.3 Å². The third-order valence-electron chi connectivity index (χ3n) is 3.11. The molecule has 0 atom stereocenters. The Labute approximate surface area is 118 Å². The number of H-pyrrole nitrogens is 1. The molecule has 1 amide bonds. The van der Waals surface area contributed by atoms with Crippen LogP contribution in [0, 0.1) is 6.92 Å². The van der Waals surface area contributed by atoms with E-state index >= 15 is 0 Å². The molecule has 0 saturated carbocycles. The fourth-order valence-corrected chi connectivity index (χ4v) is 2.04. The molecule has 1 aromatic rings. The van der Waals surface area contributed by atoms with Crippen LogP contribution < -0.4 is 5.32 Å². The molecule has 0 aliphatic carbocycles. The van der Waals surface area contributed by atoms with Gasteiger partial charge in [0, 0.05) is 26.0 Å². The van der Waals surface area contributed by atoms with Gasteiger partial charge >= 0.3 is 5.97 Å². The van der Waals surface area contributed by atoms with Crippen LogP contribution >= 0.6 is 0 Å². The van der Waals surface area contributed by atoms with Gasteiger partial charge in [-0.05, 0) is 25.3 Å². The zero-order valence-electron chi connectivity index (χ0n) is 12.5. The summed E-state index contributed by atoms with van der Waals surface area (Å²) in [4.78, 5) is 26.9. The van der Waals surface area contributed by atoms with Gasteiger partial charge in [-0.1, -0.05) is 6.92 Å². The molecular weight excluding hydrogens is 260 g/mol. The van der Waals surface area contributed by atoms with E-state index in [1.165, 1.54) is 7.11 Å². The van der Waals surface area contributed by atoms with Gasteiger partial charge in [0.15, 0.2) is 0 Å². The molecule has 6 heteroatoms. The fraction of sp³-hybridized carbons (Fsp3) is 0.571. The Bertz CT molecular complexity index is 480. The molecule has 6 nitrogen and oxygen atoms in total. The predicted octanol–water partition coefficient (Wildman–Crippen LogP) is 1.44. The minimum atomic E-state index is -0.422. The SMILES string of the molecule is CCc1[nH]c(C(=O)NCCCOC)c(C)c1C(=O)OC. The summed E-state index contributed by atoms with van der Waals surface area (Å²) in [6.07, 6.45) is 1.37. The molecule has 0 aliphatic heterocycles. The van der Waals surface area contributed by atoms with Gasteiger partial charge in [-0.2, -0.15) is 0 Å². The normalized spacial score (nSPS) is 10.4. The fourth-order valence-electron chi connectivity index (χ4n) is 2.04. The van der Waals surface area contributed by atoms with E-state index in [1.54, 1.807) is 14.0 Å². The summed E-state index contributed by atoms with van der Waals surface area (Å²) in [5.41, 5.74) is 2.21. The standard InChI is InChI=1S/C14H22N2O4/c1-5-10-11(14(18)20-4)9(2)12(16-10)13(17)15-7-6-8-19-3/h16H,5-8H2,1-4H3,(H,15,17). The second kappa shape index (κ2) is 7.69. The Kier molecular flexibility index (Phi) is 6.24. The van der Waals surface area contributed by atoms with Crippen LogP contribution in [0.5, 0.6) is 0 Å². The Balaban J connectivity index is 2.88. The Morgan fingerprint density at radius 2 is 2.00 bits per heavy atom. The number of aromatic nitrogens is 1. The van der Waals surface area contributed by atoms with Crippen molar-refractivity contribution >= 4 is 11.9 Å². The quantitative estimate of drug-likeness (QED) is 0.586. The second-order valence-corrected chi connectivity index (χ2v) is 4.43. The molecule has 1 heterocycles. The van der Waals surface area contributed by atoms with Crippen LogP contribution in [-0.2, 0) is 15.9 Å². The number of aryl methyl sites for hydroxylation is 1. The number of carbonyl (C=O) groups excluding carboxylic acids is 2. The topological polar surface area (TPSA) is 80.4 Å². The third-order valence-corrected chi connectivity index (χ3v) is 3.11. The zero-order chi connectivity index (χ0) is 15.1. The largest absolute Gasteiger partial charge is 0.465 e. The number of carbonyl (C=O) groups is 2. The van der Waals surface area contributed by atoms with Crippen molar-refractivity contribution in [2.24, 2.45) is 0 Å². The lowest BCUT2D eigenvalue weighted by Gasteiger charge is -2.04. The van der Waals surface area contributed by atoms with Crippen LogP contribution in [0.1, 0.15) is 45.4 Å². The van der Waals surface area contributed by atoms with Crippen molar-refractivity contribution in [2.45, 2.75) is 26.7 Å². The van der Waals surface area contributed by atoms with Gasteiger partial charge in [0.2, 0.25) is 0 Å². The molecule has 1 aromatic heterocycles. The Morgan fingerprint density at radius 3 is 2.55 bits per heavy atom. The molecule has 0 fully saturated rings. The van der Waals surface area contributed by atoms with Crippen LogP contribution in [0.3, 0.4) is 0 Å². The van der Waals surface area contributed by atoms with Gasteiger partial charge in [0.05, 0.1) is 12.7 Å². The Hall–Kier alpha value is -1.82. The van der Waals surface area contributed by atoms with Crippen molar-refractivity contribution in [3.05, 3.63) is 22.5 Å². The minimum absolute atomic E-state index is 0.219. The number of rotatable bonds is 7. The highest BCUT2D eigenvalue weighted by molar-refractivity contribution is 6.00. The van der Waals surface area contributed by atoms with Crippen LogP contribution in [0.25, 0.3) is 0 Å². The number of methoxy groups -OCH3 is 2. The van der Waals surface area contributed by atoms with Crippen molar-refractivity contribution in [3.8, 4) is 0 Å². The molecule has 0 unspecified atom stereocenters. The average molecular weight is 282 g/mol. The number of ether oxygens (including phenoxy) is 2. The van der Waals surface area contributed by atoms with Gasteiger partial charge in [-0.15, -0.1) is 0 Å². The lowest BCUT2D eigenvalue weighted by atomic mass is 10.1. The summed E-state index contributed by atoms with van der Waals surface area (Å²) in [5.74, 6) is -0.641. The number of esters is 1. The third kappa shape index (κ3) is 3.60. The maximum atomic E-state index is 12.1. The van der Waals surface area contributed by atoms with Gasteiger partial charge in [0.25, 0.3) is 5.91 Å². The number of aromatic amines is 1. The molecule has 1 rings (SSSR count). The van der Waals surface area contributed by atoms with Crippen molar-refractivity contribution in [3.63, 3.8) is 0 Å². The number of hydrogen-bond donors (Lipinski definition) is 2. The molecular formula is C14H22N2O4. The highest BCUT2D eigenvalue weighted by Gasteiger charge is 2.23. The molecule has 0 spiro atoms.